The first-order chi connectivity index (χ1) is 3.91. The van der Waals surface area contributed by atoms with Crippen molar-refractivity contribution in [1.82, 2.24) is 0 Å². The zero-order valence-corrected chi connectivity index (χ0v) is 8.76. The van der Waals surface area contributed by atoms with Gasteiger partial charge >= 0.3 is 0 Å². The number of rotatable bonds is 3. The van der Waals surface area contributed by atoms with Gasteiger partial charge in [-0.2, -0.15) is 0 Å². The quantitative estimate of drug-likeness (QED) is 0.527. The lowest BCUT2D eigenvalue weighted by atomic mass is 10.3. The molecule has 0 unspecified atom stereocenters. The minimum Gasteiger partial charge on any atom is -0.0966 e. The van der Waals surface area contributed by atoms with Gasteiger partial charge in [-0.1, -0.05) is 51.6 Å². The van der Waals surface area contributed by atoms with Crippen molar-refractivity contribution in [1.29, 1.82) is 0 Å². The first-order valence-corrected chi connectivity index (χ1v) is 5.56. The van der Waals surface area contributed by atoms with Gasteiger partial charge in [-0.25, -0.2) is 0 Å². The molecule has 8 heavy (non-hydrogen) atoms. The average Bonchev–Trinajstić information content (AvgIpc) is 1.88. The van der Waals surface area contributed by atoms with Crippen molar-refractivity contribution in [2.24, 2.45) is 0 Å². The third kappa shape index (κ3) is 15.8. The summed E-state index contributed by atoms with van der Waals surface area (Å²) >= 11 is 6.29. The molecule has 0 heterocycles. The zero-order valence-electron chi connectivity index (χ0n) is 5.58. The Hall–Kier alpha value is 0.960. The van der Waals surface area contributed by atoms with Crippen LogP contribution in [0.4, 0.5) is 0 Å². The van der Waals surface area contributed by atoms with Crippen LogP contribution in [0.15, 0.2) is 0 Å². The van der Waals surface area contributed by atoms with Gasteiger partial charge in [0.15, 0.2) is 0 Å². The van der Waals surface area contributed by atoms with E-state index in [2.05, 4.69) is 38.8 Å². The lowest BCUT2D eigenvalue weighted by Gasteiger charge is -1.85. The maximum Gasteiger partial charge on any atom is 0.00313 e. The molecule has 0 nitrogen and oxygen atoms in total. The molecule has 0 amide bonds. The normalized spacial score (nSPS) is 7.50. The summed E-state index contributed by atoms with van der Waals surface area (Å²) in [5, 5.41) is 1.17. The molecule has 0 aliphatic carbocycles. The summed E-state index contributed by atoms with van der Waals surface area (Å²) in [5.74, 6) is 1.81. The Morgan fingerprint density at radius 1 is 1.12 bits per heavy atom. The van der Waals surface area contributed by atoms with E-state index in [1.165, 1.54) is 24.6 Å². The van der Waals surface area contributed by atoms with Crippen molar-refractivity contribution in [3.8, 4) is 0 Å². The van der Waals surface area contributed by atoms with Crippen LogP contribution in [0.1, 0.15) is 26.2 Å². The second-order valence-electron chi connectivity index (χ2n) is 1.40. The fourth-order valence-corrected chi connectivity index (χ4v) is 0.741. The summed E-state index contributed by atoms with van der Waals surface area (Å²) < 4.78 is 0. The van der Waals surface area contributed by atoms with Gasteiger partial charge in [-0.3, -0.25) is 0 Å². The Balaban J connectivity index is 0. The number of halogens is 2. The molecule has 0 aliphatic heterocycles. The van der Waals surface area contributed by atoms with Gasteiger partial charge in [-0.05, 0) is 12.3 Å². The molecule has 0 radical (unpaired) electrons. The van der Waals surface area contributed by atoms with E-state index >= 15 is 0 Å². The van der Waals surface area contributed by atoms with Crippen LogP contribution in [-0.2, 0) is 0 Å². The molecule has 0 saturated carbocycles. The summed E-state index contributed by atoms with van der Waals surface area (Å²) in [6, 6.07) is 0. The summed E-state index contributed by atoms with van der Waals surface area (Å²) in [5.41, 5.74) is 0. The van der Waals surface area contributed by atoms with Crippen molar-refractivity contribution in [2.75, 3.05) is 11.2 Å². The van der Waals surface area contributed by atoms with E-state index in [0.29, 0.717) is 0 Å². The Morgan fingerprint density at radius 3 is 1.75 bits per heavy atom. The zero-order chi connectivity index (χ0) is 6.83. The molecule has 0 aromatic rings. The highest BCUT2D eigenvalue weighted by molar-refractivity contribution is 9.09. The Morgan fingerprint density at radius 2 is 1.62 bits per heavy atom. The van der Waals surface area contributed by atoms with E-state index in [1.54, 1.807) is 0 Å². The highest BCUT2D eigenvalue weighted by Gasteiger charge is 1.76. The first-order valence-electron chi connectivity index (χ1n) is 2.85. The topological polar surface area (TPSA) is 0 Å². The molecule has 0 aromatic carbocycles. The second-order valence-corrected chi connectivity index (χ2v) is 2.19. The largest absolute Gasteiger partial charge is 0.0966 e. The Labute approximate surface area is 69.3 Å². The van der Waals surface area contributed by atoms with E-state index in [4.69, 9.17) is 0 Å². The number of alkyl halides is 2. The van der Waals surface area contributed by atoms with Crippen LogP contribution in [-0.4, -0.2) is 11.2 Å². The average molecular weight is 246 g/mol. The van der Waals surface area contributed by atoms with Crippen LogP contribution in [0, 0.1) is 0 Å². The lowest BCUT2D eigenvalue weighted by Crippen LogP contribution is -1.70. The minimum absolute atomic E-state index is 1.17. The van der Waals surface area contributed by atoms with Crippen LogP contribution in [0.2, 0.25) is 0 Å². The van der Waals surface area contributed by atoms with Gasteiger partial charge in [0.1, 0.15) is 0 Å². The maximum absolute atomic E-state index is 3.35. The van der Waals surface area contributed by atoms with Crippen molar-refractivity contribution in [3.05, 3.63) is 0 Å². The molecule has 0 saturated heterocycles. The van der Waals surface area contributed by atoms with E-state index in [9.17, 15) is 0 Å². The number of hydrogen-bond donors (Lipinski definition) is 0. The molecule has 0 fully saturated rings. The molecule has 0 aliphatic rings. The highest BCUT2D eigenvalue weighted by atomic mass is 79.9. The predicted octanol–water partition coefficient (Wildman–Crippen LogP) is 3.58. The van der Waals surface area contributed by atoms with Gasteiger partial charge in [0.25, 0.3) is 0 Å². The monoisotopic (exact) mass is 244 g/mol. The predicted molar refractivity (Wildman–Crippen MR) is 48.2 cm³/mol. The molecule has 2 heteroatoms. The fourth-order valence-electron chi connectivity index (χ4n) is 0.344. The van der Waals surface area contributed by atoms with Gasteiger partial charge in [0, 0.05) is 5.33 Å². The molecule has 0 N–H and O–H groups in total. The van der Waals surface area contributed by atoms with Crippen molar-refractivity contribution in [2.45, 2.75) is 26.2 Å². The van der Waals surface area contributed by atoms with E-state index in [0.717, 1.165) is 0 Å². The van der Waals surface area contributed by atoms with Crippen molar-refractivity contribution in [3.63, 3.8) is 0 Å². The highest BCUT2D eigenvalue weighted by Crippen LogP contribution is 1.95. The minimum atomic E-state index is 1.17. The van der Waals surface area contributed by atoms with Crippen LogP contribution in [0.5, 0.6) is 0 Å². The Bertz CT molecular complexity index is 18.5. The van der Waals surface area contributed by atoms with E-state index in [1.807, 2.05) is 5.83 Å². The lowest BCUT2D eigenvalue weighted by molar-refractivity contribution is 0.781. The summed E-state index contributed by atoms with van der Waals surface area (Å²) in [4.78, 5) is 0. The smallest absolute Gasteiger partial charge is 0.00313 e. The third-order valence-electron chi connectivity index (χ3n) is 0.737. The molecule has 0 aromatic heterocycles. The van der Waals surface area contributed by atoms with E-state index < -0.39 is 0 Å². The van der Waals surface area contributed by atoms with Crippen LogP contribution in [0.25, 0.3) is 0 Å². The molecule has 0 bridgehead atoms. The molecule has 0 spiro atoms. The van der Waals surface area contributed by atoms with Gasteiger partial charge in [-0.15, -0.1) is 0 Å². The molecule has 0 rings (SSSR count). The van der Waals surface area contributed by atoms with Crippen LogP contribution in [0.3, 0.4) is 0 Å². The van der Waals surface area contributed by atoms with Crippen molar-refractivity contribution < 1.29 is 0 Å². The summed E-state index contributed by atoms with van der Waals surface area (Å²) in [7, 11) is 0. The molecular weight excluding hydrogens is 232 g/mol. The van der Waals surface area contributed by atoms with Gasteiger partial charge in [0.2, 0.25) is 0 Å². The van der Waals surface area contributed by atoms with Gasteiger partial charge in [0.05, 0.1) is 0 Å². The molecular formula is C6H14Br2. The summed E-state index contributed by atoms with van der Waals surface area (Å²) in [6.07, 6.45) is 4.02. The number of unbranched alkanes of at least 4 members (excludes halogenated alkanes) is 2. The standard InChI is InChI=1S/C5H11Br.CH3Br/c1-2-3-4-5-6;1-2/h2-5H2,1H3;1H3. The molecule has 52 valence electrons. The van der Waals surface area contributed by atoms with Crippen LogP contribution >= 0.6 is 31.9 Å². The molecule has 0 atom stereocenters. The van der Waals surface area contributed by atoms with Crippen molar-refractivity contribution >= 4 is 31.9 Å². The second kappa shape index (κ2) is 15.7. The first kappa shape index (κ1) is 11.7. The van der Waals surface area contributed by atoms with Gasteiger partial charge < -0.3 is 0 Å². The SMILES string of the molecule is CBr.CCCCCBr. The third-order valence-corrected chi connectivity index (χ3v) is 1.30. The Kier molecular flexibility index (Phi) is 23.0. The number of hydrogen-bond acceptors (Lipinski definition) is 0. The maximum atomic E-state index is 3.35. The fraction of sp³-hybridized carbons (Fsp3) is 1.00. The summed E-state index contributed by atoms with van der Waals surface area (Å²) in [6.45, 7) is 2.21. The van der Waals surface area contributed by atoms with E-state index in [-0.39, 0.29) is 0 Å². The van der Waals surface area contributed by atoms with Crippen LogP contribution < -0.4 is 0 Å².